The smallest absolute Gasteiger partial charge is 0.262 e. The number of benzene rings is 1. The number of nitrogens with zero attached hydrogens (tertiary/aromatic N) is 4. The monoisotopic (exact) mass is 406 g/mol. The van der Waals surface area contributed by atoms with Crippen molar-refractivity contribution < 1.29 is 0 Å². The minimum atomic E-state index is -0.111. The number of pyridine rings is 1. The molecule has 0 N–H and O–H groups in total. The predicted molar refractivity (Wildman–Crippen MR) is 117 cm³/mol. The second kappa shape index (κ2) is 7.83. The second-order valence-electron chi connectivity index (χ2n) is 7.15. The molecule has 0 saturated heterocycles. The number of rotatable bonds is 5. The van der Waals surface area contributed by atoms with Crippen LogP contribution < -0.4 is 11.1 Å². The van der Waals surface area contributed by atoms with E-state index in [1.54, 1.807) is 21.2 Å². The highest BCUT2D eigenvalue weighted by atomic mass is 32.2. The van der Waals surface area contributed by atoms with Crippen molar-refractivity contribution in [2.45, 2.75) is 44.1 Å². The maximum atomic E-state index is 13.1. The Kier molecular flexibility index (Phi) is 5.24. The minimum Gasteiger partial charge on any atom is -0.284 e. The fourth-order valence-electron chi connectivity index (χ4n) is 3.27. The van der Waals surface area contributed by atoms with Gasteiger partial charge >= 0.3 is 0 Å². The van der Waals surface area contributed by atoms with Gasteiger partial charge in [-0.2, -0.15) is 0 Å². The van der Waals surface area contributed by atoms with Gasteiger partial charge < -0.3 is 0 Å². The molecular formula is C22H22N4O2S. The summed E-state index contributed by atoms with van der Waals surface area (Å²) in [6, 6.07) is 12.7. The van der Waals surface area contributed by atoms with Gasteiger partial charge in [0.1, 0.15) is 5.65 Å². The van der Waals surface area contributed by atoms with E-state index >= 15 is 0 Å². The van der Waals surface area contributed by atoms with E-state index in [9.17, 15) is 9.59 Å². The number of hydrogen-bond donors (Lipinski definition) is 0. The summed E-state index contributed by atoms with van der Waals surface area (Å²) in [4.78, 5) is 34.8. The first-order valence-electron chi connectivity index (χ1n) is 9.61. The Balaban J connectivity index is 1.74. The predicted octanol–water partition coefficient (Wildman–Crippen LogP) is 3.98. The molecule has 0 saturated carbocycles. The van der Waals surface area contributed by atoms with Gasteiger partial charge in [-0.15, -0.1) is 0 Å². The lowest BCUT2D eigenvalue weighted by molar-refractivity contribution is 0.468. The van der Waals surface area contributed by atoms with Crippen LogP contribution in [0.1, 0.15) is 37.6 Å². The van der Waals surface area contributed by atoms with Crippen LogP contribution in [0.25, 0.3) is 16.6 Å². The normalized spacial score (nSPS) is 12.5. The molecule has 4 aromatic rings. The SMILES string of the molecule is CC[C@H](C)n1c(SCc2cc(=O)n3cc(C)ccc3n2)nc2ccccc2c1=O. The van der Waals surface area contributed by atoms with Crippen LogP contribution in [0, 0.1) is 6.92 Å². The zero-order chi connectivity index (χ0) is 20.5. The molecule has 0 aliphatic carbocycles. The van der Waals surface area contributed by atoms with Crippen molar-refractivity contribution in [3.05, 3.63) is 80.6 Å². The summed E-state index contributed by atoms with van der Waals surface area (Å²) in [5.41, 5.74) is 2.82. The summed E-state index contributed by atoms with van der Waals surface area (Å²) >= 11 is 1.43. The second-order valence-corrected chi connectivity index (χ2v) is 8.10. The Labute approximate surface area is 172 Å². The summed E-state index contributed by atoms with van der Waals surface area (Å²) in [5, 5.41) is 1.27. The largest absolute Gasteiger partial charge is 0.284 e. The first-order valence-corrected chi connectivity index (χ1v) is 10.6. The first kappa shape index (κ1) is 19.4. The number of aromatic nitrogens is 4. The molecule has 0 aliphatic heterocycles. The highest BCUT2D eigenvalue weighted by Gasteiger charge is 2.16. The maximum Gasteiger partial charge on any atom is 0.262 e. The van der Waals surface area contributed by atoms with Crippen molar-refractivity contribution in [2.75, 3.05) is 0 Å². The molecule has 29 heavy (non-hydrogen) atoms. The molecule has 1 aromatic carbocycles. The summed E-state index contributed by atoms with van der Waals surface area (Å²) in [6.07, 6.45) is 2.61. The van der Waals surface area contributed by atoms with Gasteiger partial charge in [0.2, 0.25) is 0 Å². The van der Waals surface area contributed by atoms with E-state index < -0.39 is 0 Å². The first-order chi connectivity index (χ1) is 14.0. The number of hydrogen-bond acceptors (Lipinski definition) is 5. The third kappa shape index (κ3) is 3.70. The lowest BCUT2D eigenvalue weighted by Crippen LogP contribution is -2.26. The molecule has 0 radical (unpaired) electrons. The average molecular weight is 407 g/mol. The van der Waals surface area contributed by atoms with Gasteiger partial charge in [-0.05, 0) is 44.0 Å². The van der Waals surface area contributed by atoms with E-state index in [1.165, 1.54) is 11.8 Å². The van der Waals surface area contributed by atoms with E-state index in [0.29, 0.717) is 33.2 Å². The number of para-hydroxylation sites is 1. The van der Waals surface area contributed by atoms with Gasteiger partial charge in [-0.25, -0.2) is 9.97 Å². The number of thioether (sulfide) groups is 1. The topological polar surface area (TPSA) is 69.3 Å². The van der Waals surface area contributed by atoms with E-state index in [0.717, 1.165) is 12.0 Å². The Hall–Kier alpha value is -2.93. The van der Waals surface area contributed by atoms with Crippen molar-refractivity contribution >= 4 is 28.3 Å². The Morgan fingerprint density at radius 2 is 1.90 bits per heavy atom. The standard InChI is InChI=1S/C22H22N4O2S/c1-4-15(3)26-21(28)17-7-5-6-8-18(17)24-22(26)29-13-16-11-20(27)25-12-14(2)9-10-19(25)23-16/h5-12,15H,4,13H2,1-3H3/t15-/m0/s1. The fraction of sp³-hybridized carbons (Fsp3) is 0.273. The summed E-state index contributed by atoms with van der Waals surface area (Å²) in [6.45, 7) is 6.01. The Morgan fingerprint density at radius 1 is 1.10 bits per heavy atom. The molecule has 0 amide bonds. The highest BCUT2D eigenvalue weighted by molar-refractivity contribution is 7.98. The van der Waals surface area contributed by atoms with Crippen LogP contribution in [-0.4, -0.2) is 18.9 Å². The Bertz CT molecular complexity index is 1330. The van der Waals surface area contributed by atoms with Crippen LogP contribution in [0.15, 0.2) is 63.4 Å². The summed E-state index contributed by atoms with van der Waals surface area (Å²) in [5.74, 6) is 0.459. The van der Waals surface area contributed by atoms with Gasteiger partial charge in [-0.1, -0.05) is 36.9 Å². The number of aryl methyl sites for hydroxylation is 1. The van der Waals surface area contributed by atoms with Gasteiger partial charge in [0, 0.05) is 24.1 Å². The molecule has 0 aliphatic rings. The number of fused-ring (bicyclic) bond motifs is 2. The average Bonchev–Trinajstić information content (AvgIpc) is 2.72. The third-order valence-corrected chi connectivity index (χ3v) is 6.00. The minimum absolute atomic E-state index is 0.0280. The lowest BCUT2D eigenvalue weighted by Gasteiger charge is -2.18. The molecular weight excluding hydrogens is 384 g/mol. The maximum absolute atomic E-state index is 13.1. The molecule has 3 heterocycles. The highest BCUT2D eigenvalue weighted by Crippen LogP contribution is 2.24. The van der Waals surface area contributed by atoms with E-state index in [1.807, 2.05) is 50.2 Å². The molecule has 148 valence electrons. The van der Waals surface area contributed by atoms with Crippen molar-refractivity contribution in [2.24, 2.45) is 0 Å². The quantitative estimate of drug-likeness (QED) is 0.370. The van der Waals surface area contributed by atoms with Crippen molar-refractivity contribution in [1.82, 2.24) is 18.9 Å². The molecule has 0 unspecified atom stereocenters. The molecule has 4 rings (SSSR count). The summed E-state index contributed by atoms with van der Waals surface area (Å²) in [7, 11) is 0. The molecule has 6 nitrogen and oxygen atoms in total. The molecule has 0 bridgehead atoms. The molecule has 1 atom stereocenters. The lowest BCUT2D eigenvalue weighted by atomic mass is 10.2. The zero-order valence-electron chi connectivity index (χ0n) is 16.6. The van der Waals surface area contributed by atoms with Crippen LogP contribution >= 0.6 is 11.8 Å². The van der Waals surface area contributed by atoms with E-state index in [2.05, 4.69) is 11.9 Å². The molecule has 3 aromatic heterocycles. The van der Waals surface area contributed by atoms with Gasteiger partial charge in [0.05, 0.1) is 16.6 Å². The third-order valence-electron chi connectivity index (χ3n) is 5.02. The van der Waals surface area contributed by atoms with Crippen molar-refractivity contribution in [3.63, 3.8) is 0 Å². The van der Waals surface area contributed by atoms with Gasteiger partial charge in [0.15, 0.2) is 5.16 Å². The molecule has 0 fully saturated rings. The van der Waals surface area contributed by atoms with Gasteiger partial charge in [0.25, 0.3) is 11.1 Å². The van der Waals surface area contributed by atoms with E-state index in [4.69, 9.17) is 4.98 Å². The molecule has 7 heteroatoms. The van der Waals surface area contributed by atoms with Crippen LogP contribution in [-0.2, 0) is 5.75 Å². The van der Waals surface area contributed by atoms with Crippen LogP contribution in [0.3, 0.4) is 0 Å². The zero-order valence-corrected chi connectivity index (χ0v) is 17.4. The van der Waals surface area contributed by atoms with Crippen LogP contribution in [0.2, 0.25) is 0 Å². The Morgan fingerprint density at radius 3 is 2.69 bits per heavy atom. The van der Waals surface area contributed by atoms with Gasteiger partial charge in [-0.3, -0.25) is 18.6 Å². The molecule has 0 spiro atoms. The fourth-order valence-corrected chi connectivity index (χ4v) is 4.26. The van der Waals surface area contributed by atoms with Crippen molar-refractivity contribution in [1.29, 1.82) is 0 Å². The summed E-state index contributed by atoms with van der Waals surface area (Å²) < 4.78 is 3.30. The van der Waals surface area contributed by atoms with Crippen LogP contribution in [0.5, 0.6) is 0 Å². The van der Waals surface area contributed by atoms with E-state index in [-0.39, 0.29) is 17.2 Å². The van der Waals surface area contributed by atoms with Crippen molar-refractivity contribution in [3.8, 4) is 0 Å². The van der Waals surface area contributed by atoms with Crippen LogP contribution in [0.4, 0.5) is 0 Å².